The molecule has 0 aliphatic heterocycles. The normalized spacial score (nSPS) is 8.57. The zero-order valence-electron chi connectivity index (χ0n) is 9.62. The van der Waals surface area contributed by atoms with Gasteiger partial charge in [-0.1, -0.05) is 0 Å². The fourth-order valence-electron chi connectivity index (χ4n) is 1.36. The second-order valence-corrected chi connectivity index (χ2v) is 11.9. The van der Waals surface area contributed by atoms with Gasteiger partial charge >= 0.3 is 92.9 Å². The minimum atomic E-state index is -2.68. The van der Waals surface area contributed by atoms with Gasteiger partial charge < -0.3 is 0 Å². The van der Waals surface area contributed by atoms with Crippen molar-refractivity contribution in [2.45, 2.75) is 45.0 Å². The Morgan fingerprint density at radius 2 is 1.29 bits per heavy atom. The van der Waals surface area contributed by atoms with Gasteiger partial charge in [0.1, 0.15) is 0 Å². The van der Waals surface area contributed by atoms with E-state index in [1.165, 1.54) is 12.8 Å². The maximum atomic E-state index is 3.35. The van der Waals surface area contributed by atoms with Crippen molar-refractivity contribution in [2.24, 2.45) is 0 Å². The van der Waals surface area contributed by atoms with E-state index in [4.69, 9.17) is 0 Å². The molecule has 0 aromatic carbocycles. The standard InChI is InChI=1S/C4H9.3C3H3.Sn/c1-3-4-2;3*1-3-2;/h1,3-4H2,2H3;3*1H3;. The molecule has 0 aliphatic rings. The molecule has 0 nitrogen and oxygen atoms in total. The van der Waals surface area contributed by atoms with Gasteiger partial charge in [0.05, 0.1) is 0 Å². The van der Waals surface area contributed by atoms with Crippen molar-refractivity contribution in [2.75, 3.05) is 0 Å². The molecule has 0 spiro atoms. The van der Waals surface area contributed by atoms with E-state index in [-0.39, 0.29) is 0 Å². The quantitative estimate of drug-likeness (QED) is 0.554. The summed E-state index contributed by atoms with van der Waals surface area (Å²) in [5.74, 6) is 9.08. The van der Waals surface area contributed by atoms with E-state index in [1.54, 1.807) is 0 Å². The Bertz CT molecular complexity index is 282. The van der Waals surface area contributed by atoms with Crippen LogP contribution in [-0.2, 0) is 0 Å². The van der Waals surface area contributed by atoms with Gasteiger partial charge in [-0.2, -0.15) is 0 Å². The molecule has 1 heteroatoms. The zero-order chi connectivity index (χ0) is 10.9. The Kier molecular flexibility index (Phi) is 7.55. The van der Waals surface area contributed by atoms with Crippen LogP contribution in [0.15, 0.2) is 0 Å². The summed E-state index contributed by atoms with van der Waals surface area (Å²) in [6.45, 7) is 7.89. The van der Waals surface area contributed by atoms with Gasteiger partial charge in [0.15, 0.2) is 0 Å². The second kappa shape index (κ2) is 7.84. The van der Waals surface area contributed by atoms with Crippen LogP contribution in [0.5, 0.6) is 0 Å². The Labute approximate surface area is 92.7 Å². The molecule has 0 aromatic rings. The molecule has 14 heavy (non-hydrogen) atoms. The minimum absolute atomic E-state index is 1.16. The molecule has 0 aliphatic carbocycles. The fraction of sp³-hybridized carbons (Fsp3) is 0.538. The topological polar surface area (TPSA) is 0 Å². The van der Waals surface area contributed by atoms with Crippen molar-refractivity contribution in [3.05, 3.63) is 0 Å². The molecule has 0 amide bonds. The van der Waals surface area contributed by atoms with E-state index < -0.39 is 18.4 Å². The third-order valence-corrected chi connectivity index (χ3v) is 10.9. The maximum absolute atomic E-state index is 3.35. The molecule has 0 saturated carbocycles. The molecule has 0 N–H and O–H groups in total. The molecular formula is C13H18Sn. The first kappa shape index (κ1) is 13.5. The molecule has 0 heterocycles. The van der Waals surface area contributed by atoms with Crippen LogP contribution in [0.3, 0.4) is 0 Å². The second-order valence-electron chi connectivity index (χ2n) is 3.13. The van der Waals surface area contributed by atoms with Crippen LogP contribution in [0.25, 0.3) is 0 Å². The van der Waals surface area contributed by atoms with Crippen LogP contribution in [0, 0.1) is 29.6 Å². The van der Waals surface area contributed by atoms with Gasteiger partial charge in [-0.3, -0.25) is 0 Å². The number of hydrogen-bond acceptors (Lipinski definition) is 0. The van der Waals surface area contributed by atoms with Crippen molar-refractivity contribution in [1.29, 1.82) is 0 Å². The third-order valence-electron chi connectivity index (χ3n) is 1.92. The predicted molar refractivity (Wildman–Crippen MR) is 65.8 cm³/mol. The summed E-state index contributed by atoms with van der Waals surface area (Å²) in [5.41, 5.74) is 0. The Morgan fingerprint density at radius 3 is 1.57 bits per heavy atom. The first-order valence-corrected chi connectivity index (χ1v) is 11.4. The summed E-state index contributed by atoms with van der Waals surface area (Å²) in [4.78, 5) is 0. The molecule has 0 bridgehead atoms. The van der Waals surface area contributed by atoms with Crippen molar-refractivity contribution in [3.63, 3.8) is 0 Å². The summed E-state index contributed by atoms with van der Waals surface area (Å²) in [6.07, 6.45) is 2.43. The van der Waals surface area contributed by atoms with Crippen LogP contribution in [0.2, 0.25) is 4.44 Å². The summed E-state index contributed by atoms with van der Waals surface area (Å²) >= 11 is -2.68. The van der Waals surface area contributed by atoms with E-state index in [0.717, 1.165) is 4.44 Å². The van der Waals surface area contributed by atoms with Gasteiger partial charge in [0.2, 0.25) is 0 Å². The first-order chi connectivity index (χ1) is 6.74. The monoisotopic (exact) mass is 294 g/mol. The van der Waals surface area contributed by atoms with Crippen LogP contribution >= 0.6 is 0 Å². The van der Waals surface area contributed by atoms with Crippen LogP contribution in [-0.4, -0.2) is 18.4 Å². The van der Waals surface area contributed by atoms with Crippen molar-refractivity contribution < 1.29 is 0 Å². The zero-order valence-corrected chi connectivity index (χ0v) is 12.5. The van der Waals surface area contributed by atoms with Gasteiger partial charge in [0.25, 0.3) is 0 Å². The van der Waals surface area contributed by atoms with Crippen molar-refractivity contribution >= 4 is 18.4 Å². The average Bonchev–Trinajstić information content (AvgIpc) is 2.16. The van der Waals surface area contributed by atoms with Crippen molar-refractivity contribution in [1.82, 2.24) is 0 Å². The molecule has 74 valence electrons. The third kappa shape index (κ3) is 4.64. The summed E-state index contributed by atoms with van der Waals surface area (Å²) in [7, 11) is 0. The molecule has 0 atom stereocenters. The SMILES string of the molecule is CC#[C][Sn]([C]#CC)([C]#CC)[CH2]CCC. The Balaban J connectivity index is 4.94. The van der Waals surface area contributed by atoms with E-state index in [9.17, 15) is 0 Å². The molecule has 0 radical (unpaired) electrons. The molecule has 0 rings (SSSR count). The van der Waals surface area contributed by atoms with Crippen LogP contribution < -0.4 is 0 Å². The molecule has 0 unspecified atom stereocenters. The molecule has 0 fully saturated rings. The van der Waals surface area contributed by atoms with Gasteiger partial charge in [-0.25, -0.2) is 0 Å². The molecular weight excluding hydrogens is 275 g/mol. The number of unbranched alkanes of at least 4 members (excludes halogenated alkanes) is 1. The van der Waals surface area contributed by atoms with Gasteiger partial charge in [-0.05, 0) is 0 Å². The number of rotatable bonds is 3. The number of hydrogen-bond donors (Lipinski definition) is 0. The predicted octanol–water partition coefficient (Wildman–Crippen LogP) is 2.92. The van der Waals surface area contributed by atoms with E-state index in [2.05, 4.69) is 36.5 Å². The Hall–Kier alpha value is -0.521. The van der Waals surface area contributed by atoms with Crippen LogP contribution in [0.4, 0.5) is 0 Å². The van der Waals surface area contributed by atoms with Crippen LogP contribution in [0.1, 0.15) is 40.5 Å². The first-order valence-electron chi connectivity index (χ1n) is 5.06. The summed E-state index contributed by atoms with van der Waals surface area (Å²) in [6, 6.07) is 0. The van der Waals surface area contributed by atoms with Gasteiger partial charge in [0, 0.05) is 0 Å². The van der Waals surface area contributed by atoms with E-state index >= 15 is 0 Å². The molecule has 0 saturated heterocycles. The van der Waals surface area contributed by atoms with E-state index in [1.807, 2.05) is 20.8 Å². The molecule has 0 aromatic heterocycles. The van der Waals surface area contributed by atoms with E-state index in [0.29, 0.717) is 0 Å². The average molecular weight is 293 g/mol. The van der Waals surface area contributed by atoms with Crippen molar-refractivity contribution in [3.8, 4) is 29.6 Å². The summed E-state index contributed by atoms with van der Waals surface area (Å²) < 4.78 is 11.2. The summed E-state index contributed by atoms with van der Waals surface area (Å²) in [5, 5.41) is 0. The Morgan fingerprint density at radius 1 is 0.857 bits per heavy atom. The van der Waals surface area contributed by atoms with Gasteiger partial charge in [-0.15, -0.1) is 0 Å². The fourth-order valence-corrected chi connectivity index (χ4v) is 9.15.